The quantitative estimate of drug-likeness (QED) is 0.641. The third kappa shape index (κ3) is 3.77. The molecule has 0 aliphatic carbocycles. The monoisotopic (exact) mass is 425 g/mol. The van der Waals surface area contributed by atoms with E-state index in [1.54, 1.807) is 12.1 Å². The second kappa shape index (κ2) is 6.76. The van der Waals surface area contributed by atoms with Crippen molar-refractivity contribution in [2.24, 2.45) is 0 Å². The second-order valence-electron chi connectivity index (χ2n) is 6.30. The summed E-state index contributed by atoms with van der Waals surface area (Å²) in [6.45, 7) is 0.707. The minimum Gasteiger partial charge on any atom is -0.486 e. The van der Waals surface area contributed by atoms with Gasteiger partial charge in [0.2, 0.25) is 0 Å². The van der Waals surface area contributed by atoms with E-state index in [2.05, 4.69) is 10.1 Å². The zero-order valence-corrected chi connectivity index (χ0v) is 15.8. The summed E-state index contributed by atoms with van der Waals surface area (Å²) in [5.41, 5.74) is -0.602. The van der Waals surface area contributed by atoms with Crippen molar-refractivity contribution in [2.45, 2.75) is 11.1 Å². The van der Waals surface area contributed by atoms with E-state index in [0.717, 1.165) is 23.2 Å². The number of ether oxygens (including phenoxy) is 2. The van der Waals surface area contributed by atoms with Crippen molar-refractivity contribution in [1.82, 2.24) is 14.8 Å². The topological polar surface area (TPSA) is 83.3 Å². The Kier molecular flexibility index (Phi) is 4.49. The van der Waals surface area contributed by atoms with Gasteiger partial charge in [-0.3, -0.25) is 4.98 Å². The Hall–Kier alpha value is -3.08. The van der Waals surface area contributed by atoms with Crippen LogP contribution >= 0.6 is 0 Å². The summed E-state index contributed by atoms with van der Waals surface area (Å²) in [6.07, 6.45) is -2.55. The number of hydrogen-bond acceptors (Lipinski definition) is 6. The van der Waals surface area contributed by atoms with Crippen LogP contribution in [0, 0.1) is 0 Å². The summed E-state index contributed by atoms with van der Waals surface area (Å²) in [5.74, 6) is 0.879. The first-order valence-electron chi connectivity index (χ1n) is 8.37. The number of rotatable bonds is 3. The number of aromatic nitrogens is 3. The van der Waals surface area contributed by atoms with Crippen LogP contribution in [0.1, 0.15) is 5.69 Å². The van der Waals surface area contributed by atoms with Crippen LogP contribution in [0.2, 0.25) is 0 Å². The van der Waals surface area contributed by atoms with Crippen molar-refractivity contribution in [1.29, 1.82) is 0 Å². The number of sulfone groups is 1. The van der Waals surface area contributed by atoms with Gasteiger partial charge in [0.25, 0.3) is 0 Å². The molecule has 3 heterocycles. The van der Waals surface area contributed by atoms with Gasteiger partial charge in [0.1, 0.15) is 13.2 Å². The lowest BCUT2D eigenvalue weighted by Crippen LogP contribution is -2.15. The third-order valence-electron chi connectivity index (χ3n) is 4.20. The van der Waals surface area contributed by atoms with Gasteiger partial charge in [0.15, 0.2) is 27.0 Å². The molecule has 0 radical (unpaired) electrons. The van der Waals surface area contributed by atoms with Crippen LogP contribution in [0.4, 0.5) is 13.2 Å². The Labute approximate surface area is 163 Å². The van der Waals surface area contributed by atoms with E-state index < -0.39 is 21.7 Å². The van der Waals surface area contributed by atoms with Gasteiger partial charge in [-0.15, -0.1) is 0 Å². The smallest absolute Gasteiger partial charge is 0.435 e. The second-order valence-corrected chi connectivity index (χ2v) is 8.32. The Morgan fingerprint density at radius 2 is 1.76 bits per heavy atom. The van der Waals surface area contributed by atoms with E-state index in [1.165, 1.54) is 18.2 Å². The van der Waals surface area contributed by atoms with Crippen molar-refractivity contribution in [3.8, 4) is 28.6 Å². The molecule has 1 aliphatic heterocycles. The summed E-state index contributed by atoms with van der Waals surface area (Å²) in [4.78, 5) is 3.98. The Morgan fingerprint density at radius 1 is 1.03 bits per heavy atom. The molecule has 1 aliphatic rings. The molecule has 0 spiro atoms. The minimum atomic E-state index is -4.67. The van der Waals surface area contributed by atoms with Crippen LogP contribution in [0.15, 0.2) is 47.5 Å². The average molecular weight is 425 g/mol. The lowest BCUT2D eigenvalue weighted by atomic mass is 10.2. The highest BCUT2D eigenvalue weighted by molar-refractivity contribution is 7.90. The molecule has 0 unspecified atom stereocenters. The zero-order valence-electron chi connectivity index (χ0n) is 15.0. The molecule has 152 valence electrons. The maximum Gasteiger partial charge on any atom is 0.435 e. The van der Waals surface area contributed by atoms with Crippen LogP contribution in [-0.4, -0.2) is 42.7 Å². The normalized spacial score (nSPS) is 14.1. The zero-order chi connectivity index (χ0) is 20.8. The molecule has 29 heavy (non-hydrogen) atoms. The van der Waals surface area contributed by atoms with Gasteiger partial charge in [-0.05, 0) is 30.3 Å². The van der Waals surface area contributed by atoms with E-state index in [1.807, 2.05) is 0 Å². The predicted molar refractivity (Wildman–Crippen MR) is 95.9 cm³/mol. The number of halogens is 3. The van der Waals surface area contributed by atoms with Gasteiger partial charge in [0, 0.05) is 18.5 Å². The highest BCUT2D eigenvalue weighted by Gasteiger charge is 2.35. The van der Waals surface area contributed by atoms with Crippen LogP contribution in [-0.2, 0) is 16.0 Å². The summed E-state index contributed by atoms with van der Waals surface area (Å²) in [7, 11) is -3.49. The van der Waals surface area contributed by atoms with E-state index in [4.69, 9.17) is 9.47 Å². The van der Waals surface area contributed by atoms with Gasteiger partial charge in [0.05, 0.1) is 22.0 Å². The summed E-state index contributed by atoms with van der Waals surface area (Å²) >= 11 is 0. The maximum atomic E-state index is 13.3. The fourth-order valence-electron chi connectivity index (χ4n) is 2.81. The molecule has 3 aromatic rings. The van der Waals surface area contributed by atoms with Crippen LogP contribution in [0.5, 0.6) is 11.5 Å². The van der Waals surface area contributed by atoms with E-state index in [-0.39, 0.29) is 16.3 Å². The van der Waals surface area contributed by atoms with Crippen molar-refractivity contribution in [3.63, 3.8) is 0 Å². The first-order valence-corrected chi connectivity index (χ1v) is 10.3. The molecule has 0 saturated carbocycles. The van der Waals surface area contributed by atoms with Crippen molar-refractivity contribution in [3.05, 3.63) is 48.3 Å². The largest absolute Gasteiger partial charge is 0.486 e. The van der Waals surface area contributed by atoms with Crippen LogP contribution in [0.25, 0.3) is 17.1 Å². The van der Waals surface area contributed by atoms with Gasteiger partial charge >= 0.3 is 6.18 Å². The molecule has 0 atom stereocenters. The van der Waals surface area contributed by atoms with Gasteiger partial charge < -0.3 is 9.47 Å². The molecule has 2 aromatic heterocycles. The van der Waals surface area contributed by atoms with E-state index >= 15 is 0 Å². The number of benzene rings is 1. The van der Waals surface area contributed by atoms with E-state index in [9.17, 15) is 21.6 Å². The third-order valence-corrected chi connectivity index (χ3v) is 5.29. The summed E-state index contributed by atoms with van der Waals surface area (Å²) < 4.78 is 75.1. The Bertz CT molecular complexity index is 1170. The van der Waals surface area contributed by atoms with Crippen molar-refractivity contribution in [2.75, 3.05) is 19.5 Å². The molecular weight excluding hydrogens is 411 g/mol. The minimum absolute atomic E-state index is 0.0392. The number of nitrogens with zero attached hydrogens (tertiary/aromatic N) is 3. The van der Waals surface area contributed by atoms with Gasteiger partial charge in [-0.2, -0.15) is 18.3 Å². The molecule has 0 bridgehead atoms. The molecule has 0 saturated heterocycles. The van der Waals surface area contributed by atoms with Crippen LogP contribution < -0.4 is 9.47 Å². The Morgan fingerprint density at radius 3 is 2.38 bits per heavy atom. The molecule has 4 rings (SSSR count). The average Bonchev–Trinajstić information content (AvgIpc) is 3.13. The number of fused-ring (bicyclic) bond motifs is 1. The SMILES string of the molecule is CS(=O)(=O)c1ccc(-c2cc(C(F)(F)F)nn2-c2ccc3c(c2)OCCO3)nc1. The highest BCUT2D eigenvalue weighted by Crippen LogP contribution is 2.36. The number of alkyl halides is 3. The fourth-order valence-corrected chi connectivity index (χ4v) is 3.37. The van der Waals surface area contributed by atoms with Crippen molar-refractivity contribution < 1.29 is 31.1 Å². The molecule has 11 heteroatoms. The standard InChI is InChI=1S/C18H14F3N3O4S/c1-29(25,26)12-3-4-13(22-10-12)14-9-17(18(19,20)21)23-24(14)11-2-5-15-16(8-11)28-7-6-27-15/h2-5,8-10H,6-7H2,1H3. The van der Waals surface area contributed by atoms with Gasteiger partial charge in [-0.1, -0.05) is 0 Å². The molecule has 0 N–H and O–H groups in total. The molecule has 1 aromatic carbocycles. The molecule has 7 nitrogen and oxygen atoms in total. The fraction of sp³-hybridized carbons (Fsp3) is 0.222. The predicted octanol–water partition coefficient (Wildman–Crippen LogP) is 3.13. The summed E-state index contributed by atoms with van der Waals surface area (Å²) in [6, 6.07) is 8.14. The molecule has 0 fully saturated rings. The summed E-state index contributed by atoms with van der Waals surface area (Å²) in [5, 5.41) is 3.69. The maximum absolute atomic E-state index is 13.3. The van der Waals surface area contributed by atoms with E-state index in [0.29, 0.717) is 30.4 Å². The first kappa shape index (κ1) is 19.2. The molecular formula is C18H14F3N3O4S. The lowest BCUT2D eigenvalue weighted by Gasteiger charge is -2.19. The first-order chi connectivity index (χ1) is 13.6. The van der Waals surface area contributed by atoms with Crippen LogP contribution in [0.3, 0.4) is 0 Å². The number of hydrogen-bond donors (Lipinski definition) is 0. The van der Waals surface area contributed by atoms with Crippen molar-refractivity contribution >= 4 is 9.84 Å². The molecule has 0 amide bonds. The highest BCUT2D eigenvalue weighted by atomic mass is 32.2. The number of pyridine rings is 1. The Balaban J connectivity index is 1.85. The van der Waals surface area contributed by atoms with Gasteiger partial charge in [-0.25, -0.2) is 13.1 Å². The lowest BCUT2D eigenvalue weighted by molar-refractivity contribution is -0.141.